The molecule has 0 rings (SSSR count). The number of hydrogen-bond donors (Lipinski definition) is 2. The average molecular weight is 358 g/mol. The highest BCUT2D eigenvalue weighted by molar-refractivity contribution is 5.96. The van der Waals surface area contributed by atoms with Crippen molar-refractivity contribution in [3.8, 4) is 0 Å². The lowest BCUT2D eigenvalue weighted by atomic mass is 9.62. The summed E-state index contributed by atoms with van der Waals surface area (Å²) >= 11 is 0. The van der Waals surface area contributed by atoms with Gasteiger partial charge < -0.3 is 19.7 Å². The molecule has 0 heterocycles. The average Bonchev–Trinajstić information content (AvgIpc) is 2.48. The molecule has 0 atom stereocenters. The zero-order valence-electron chi connectivity index (χ0n) is 16.5. The summed E-state index contributed by atoms with van der Waals surface area (Å²) in [4.78, 5) is 23.9. The van der Waals surface area contributed by atoms with Crippen molar-refractivity contribution >= 4 is 11.9 Å². The van der Waals surface area contributed by atoms with Crippen LogP contribution in [0.3, 0.4) is 0 Å². The van der Waals surface area contributed by atoms with Gasteiger partial charge in [0.15, 0.2) is 0 Å². The number of aliphatic carboxylic acids is 2. The number of ether oxygens (including phenoxy) is 2. The molecule has 0 aromatic carbocycles. The molecule has 0 aliphatic rings. The molecule has 6 nitrogen and oxygen atoms in total. The van der Waals surface area contributed by atoms with E-state index in [-0.39, 0.29) is 18.4 Å². The lowest BCUT2D eigenvalue weighted by molar-refractivity contribution is -0.155. The number of rotatable bonds is 13. The molecule has 0 amide bonds. The van der Waals surface area contributed by atoms with Gasteiger partial charge in [0, 0.05) is 18.8 Å². The molecule has 0 saturated heterocycles. The Labute approximate surface area is 151 Å². The predicted octanol–water partition coefficient (Wildman–Crippen LogP) is 3.60. The maximum atomic E-state index is 12.3. The number of carbonyl (C=O) groups is 2. The lowest BCUT2D eigenvalue weighted by Gasteiger charge is -2.41. The van der Waals surface area contributed by atoms with Crippen LogP contribution in [0.15, 0.2) is 12.2 Å². The van der Waals surface area contributed by atoms with Crippen molar-refractivity contribution in [2.45, 2.75) is 54.4 Å². The summed E-state index contributed by atoms with van der Waals surface area (Å²) < 4.78 is 10.9. The third kappa shape index (κ3) is 7.16. The third-order valence-electron chi connectivity index (χ3n) is 4.20. The molecule has 0 aromatic heterocycles. The molecule has 25 heavy (non-hydrogen) atoms. The van der Waals surface area contributed by atoms with E-state index < -0.39 is 28.2 Å². The highest BCUT2D eigenvalue weighted by Gasteiger charge is 2.50. The zero-order valence-corrected chi connectivity index (χ0v) is 16.5. The van der Waals surface area contributed by atoms with Crippen molar-refractivity contribution in [2.75, 3.05) is 26.4 Å². The molecule has 0 bridgehead atoms. The van der Waals surface area contributed by atoms with E-state index in [2.05, 4.69) is 6.58 Å². The van der Waals surface area contributed by atoms with Gasteiger partial charge in [-0.05, 0) is 37.5 Å². The van der Waals surface area contributed by atoms with Gasteiger partial charge in [-0.3, -0.25) is 4.79 Å². The molecule has 0 spiro atoms. The molecular weight excluding hydrogens is 324 g/mol. The van der Waals surface area contributed by atoms with Crippen LogP contribution < -0.4 is 0 Å². The molecule has 0 fully saturated rings. The summed E-state index contributed by atoms with van der Waals surface area (Å²) in [5.74, 6) is -2.46. The van der Waals surface area contributed by atoms with Crippen LogP contribution in [0, 0.1) is 16.2 Å². The van der Waals surface area contributed by atoms with Crippen LogP contribution in [0.1, 0.15) is 54.4 Å². The molecule has 0 radical (unpaired) electrons. The van der Waals surface area contributed by atoms with Gasteiger partial charge in [-0.2, -0.15) is 0 Å². The Bertz CT molecular complexity index is 456. The quantitative estimate of drug-likeness (QED) is 0.489. The Kier molecular flexibility index (Phi) is 8.82. The van der Waals surface area contributed by atoms with Crippen LogP contribution in [0.2, 0.25) is 0 Å². The van der Waals surface area contributed by atoms with Gasteiger partial charge in [0.25, 0.3) is 0 Å². The van der Waals surface area contributed by atoms with Crippen molar-refractivity contribution in [2.24, 2.45) is 16.2 Å². The first-order chi connectivity index (χ1) is 11.3. The van der Waals surface area contributed by atoms with Crippen LogP contribution in [-0.2, 0) is 19.1 Å². The molecule has 2 N–H and O–H groups in total. The van der Waals surface area contributed by atoms with Crippen LogP contribution in [0.5, 0.6) is 0 Å². The fourth-order valence-electron chi connectivity index (χ4n) is 3.25. The van der Waals surface area contributed by atoms with Gasteiger partial charge in [0.05, 0.1) is 13.2 Å². The van der Waals surface area contributed by atoms with Crippen molar-refractivity contribution in [3.63, 3.8) is 0 Å². The van der Waals surface area contributed by atoms with Gasteiger partial charge in [-0.15, -0.1) is 0 Å². The largest absolute Gasteiger partial charge is 0.481 e. The number of hydrogen-bond acceptors (Lipinski definition) is 4. The van der Waals surface area contributed by atoms with Gasteiger partial charge in [-0.25, -0.2) is 4.79 Å². The summed E-state index contributed by atoms with van der Waals surface area (Å²) in [6.45, 7) is 16.6. The smallest absolute Gasteiger partial charge is 0.332 e. The first-order valence-corrected chi connectivity index (χ1v) is 8.65. The first kappa shape index (κ1) is 23.6. The number of carboxylic acid groups (broad SMARTS) is 2. The van der Waals surface area contributed by atoms with E-state index in [9.17, 15) is 19.8 Å². The SMILES string of the molecule is C=C(C(=O)O)C(CC(C)(C)COCC)(CC(C)(C)COCC)C(=O)O. The molecule has 0 aliphatic carbocycles. The summed E-state index contributed by atoms with van der Waals surface area (Å²) in [5.41, 5.74) is -2.93. The van der Waals surface area contributed by atoms with Gasteiger partial charge in [-0.1, -0.05) is 34.3 Å². The standard InChI is InChI=1S/C19H34O6/c1-8-24-12-17(4,5)10-19(16(22)23,14(3)15(20)21)11-18(6,7)13-25-9-2/h3,8-13H2,1-2,4-7H3,(H,20,21)(H,22,23). The van der Waals surface area contributed by atoms with E-state index in [1.54, 1.807) is 0 Å². The summed E-state index contributed by atoms with van der Waals surface area (Å²) in [5, 5.41) is 19.5. The maximum Gasteiger partial charge on any atom is 0.332 e. The lowest BCUT2D eigenvalue weighted by Crippen LogP contribution is -2.44. The first-order valence-electron chi connectivity index (χ1n) is 8.65. The monoisotopic (exact) mass is 358 g/mol. The Morgan fingerprint density at radius 3 is 1.48 bits per heavy atom. The van der Waals surface area contributed by atoms with Crippen molar-refractivity contribution < 1.29 is 29.3 Å². The molecule has 0 saturated carbocycles. The van der Waals surface area contributed by atoms with E-state index >= 15 is 0 Å². The Balaban J connectivity index is 5.88. The Morgan fingerprint density at radius 1 is 0.880 bits per heavy atom. The molecule has 6 heteroatoms. The van der Waals surface area contributed by atoms with Crippen LogP contribution in [0.25, 0.3) is 0 Å². The highest BCUT2D eigenvalue weighted by Crippen LogP contribution is 2.47. The van der Waals surface area contributed by atoms with Gasteiger partial charge in [0.1, 0.15) is 5.41 Å². The molecule has 146 valence electrons. The van der Waals surface area contributed by atoms with Crippen molar-refractivity contribution in [1.82, 2.24) is 0 Å². The second-order valence-corrected chi connectivity index (χ2v) is 8.13. The van der Waals surface area contributed by atoms with E-state index in [0.29, 0.717) is 26.4 Å². The minimum absolute atomic E-state index is 0.121. The number of carboxylic acids is 2. The van der Waals surface area contributed by atoms with Crippen LogP contribution >= 0.6 is 0 Å². The van der Waals surface area contributed by atoms with E-state index in [1.807, 2.05) is 41.5 Å². The second kappa shape index (κ2) is 9.34. The minimum Gasteiger partial charge on any atom is -0.481 e. The maximum absolute atomic E-state index is 12.3. The van der Waals surface area contributed by atoms with Crippen LogP contribution in [0.4, 0.5) is 0 Å². The molecular formula is C19H34O6. The van der Waals surface area contributed by atoms with Crippen molar-refractivity contribution in [1.29, 1.82) is 0 Å². The van der Waals surface area contributed by atoms with Crippen molar-refractivity contribution in [3.05, 3.63) is 12.2 Å². The van der Waals surface area contributed by atoms with E-state index in [0.717, 1.165) is 0 Å². The zero-order chi connectivity index (χ0) is 19.9. The van der Waals surface area contributed by atoms with Crippen LogP contribution in [-0.4, -0.2) is 48.6 Å². The van der Waals surface area contributed by atoms with E-state index in [4.69, 9.17) is 9.47 Å². The predicted molar refractivity (Wildman–Crippen MR) is 96.6 cm³/mol. The minimum atomic E-state index is -1.59. The van der Waals surface area contributed by atoms with Gasteiger partial charge >= 0.3 is 11.9 Å². The fourth-order valence-corrected chi connectivity index (χ4v) is 3.25. The second-order valence-electron chi connectivity index (χ2n) is 8.13. The Morgan fingerprint density at radius 2 is 1.24 bits per heavy atom. The molecule has 0 aromatic rings. The van der Waals surface area contributed by atoms with Gasteiger partial charge in [0.2, 0.25) is 0 Å². The molecule has 0 unspecified atom stereocenters. The fraction of sp³-hybridized carbons (Fsp3) is 0.789. The Hall–Kier alpha value is -1.40. The normalized spacial score (nSPS) is 12.9. The topological polar surface area (TPSA) is 93.1 Å². The summed E-state index contributed by atoms with van der Waals surface area (Å²) in [6, 6.07) is 0. The molecule has 0 aliphatic heterocycles. The third-order valence-corrected chi connectivity index (χ3v) is 4.20. The van der Waals surface area contributed by atoms with E-state index in [1.165, 1.54) is 0 Å². The summed E-state index contributed by atoms with van der Waals surface area (Å²) in [7, 11) is 0. The summed E-state index contributed by atoms with van der Waals surface area (Å²) in [6.07, 6.45) is 0.242. The highest BCUT2D eigenvalue weighted by atomic mass is 16.5.